The second-order valence-electron chi connectivity index (χ2n) is 10.8. The number of H-pyrrole nitrogens is 1. The normalized spacial score (nSPS) is 17.8. The van der Waals surface area contributed by atoms with Crippen LogP contribution in [0.15, 0.2) is 65.7 Å². The average molecular weight is 513 g/mol. The van der Waals surface area contributed by atoms with Crippen LogP contribution in [0.2, 0.25) is 0 Å². The molecule has 1 aliphatic heterocycles. The first-order valence-electron chi connectivity index (χ1n) is 12.6. The van der Waals surface area contributed by atoms with E-state index in [4.69, 9.17) is 0 Å². The molecule has 1 atom stereocenters. The zero-order valence-corrected chi connectivity index (χ0v) is 22.7. The summed E-state index contributed by atoms with van der Waals surface area (Å²) >= 11 is 1.51. The lowest BCUT2D eigenvalue weighted by molar-refractivity contribution is -0.139. The number of ketones is 1. The summed E-state index contributed by atoms with van der Waals surface area (Å²) in [6, 6.07) is 15.4. The number of amides is 1. The van der Waals surface area contributed by atoms with Crippen LogP contribution in [0.1, 0.15) is 59.5 Å². The topological polar surface area (TPSA) is 73.4 Å². The number of nitrogens with zero attached hydrogens (tertiary/aromatic N) is 1. The number of hydrogen-bond acceptors (Lipinski definition) is 4. The second kappa shape index (κ2) is 9.34. The van der Waals surface area contributed by atoms with E-state index in [-0.39, 0.29) is 16.7 Å². The summed E-state index contributed by atoms with van der Waals surface area (Å²) < 4.78 is 0. The van der Waals surface area contributed by atoms with Gasteiger partial charge in [-0.3, -0.25) is 9.59 Å². The Hall–Kier alpha value is -3.64. The molecule has 1 fully saturated rings. The lowest BCUT2D eigenvalue weighted by atomic mass is 9.84. The molecule has 4 aromatic rings. The number of aromatic nitrogens is 1. The van der Waals surface area contributed by atoms with Crippen LogP contribution in [-0.2, 0) is 21.4 Å². The van der Waals surface area contributed by atoms with E-state index in [2.05, 4.69) is 31.8 Å². The molecule has 2 aromatic heterocycles. The van der Waals surface area contributed by atoms with E-state index >= 15 is 0 Å². The van der Waals surface area contributed by atoms with Gasteiger partial charge < -0.3 is 15.0 Å². The Bertz CT molecular complexity index is 1550. The van der Waals surface area contributed by atoms with Crippen molar-refractivity contribution in [3.05, 3.63) is 98.4 Å². The maximum absolute atomic E-state index is 13.5. The van der Waals surface area contributed by atoms with Crippen LogP contribution in [-0.4, -0.2) is 33.2 Å². The number of Topliss-reactive ketones (excluding diaryl/α,β-unsaturated/α-hetero) is 1. The van der Waals surface area contributed by atoms with Crippen molar-refractivity contribution < 1.29 is 14.7 Å². The maximum Gasteiger partial charge on any atom is 0.295 e. The highest BCUT2D eigenvalue weighted by molar-refractivity contribution is 7.10. The third-order valence-corrected chi connectivity index (χ3v) is 8.42. The molecular weight excluding hydrogens is 480 g/mol. The maximum atomic E-state index is 13.5. The Morgan fingerprint density at radius 1 is 1.05 bits per heavy atom. The molecule has 6 heteroatoms. The van der Waals surface area contributed by atoms with Crippen molar-refractivity contribution in [3.8, 4) is 0 Å². The van der Waals surface area contributed by atoms with Gasteiger partial charge in [0, 0.05) is 34.1 Å². The first kappa shape index (κ1) is 25.0. The zero-order valence-electron chi connectivity index (χ0n) is 21.9. The molecule has 3 heterocycles. The van der Waals surface area contributed by atoms with Crippen LogP contribution in [0.25, 0.3) is 16.7 Å². The number of carbonyl (C=O) groups is 2. The van der Waals surface area contributed by atoms with Crippen molar-refractivity contribution in [2.24, 2.45) is 0 Å². The van der Waals surface area contributed by atoms with Gasteiger partial charge >= 0.3 is 0 Å². The number of rotatable bonds is 5. The molecule has 0 spiro atoms. The minimum atomic E-state index is -0.630. The van der Waals surface area contributed by atoms with Gasteiger partial charge in [-0.1, -0.05) is 51.1 Å². The van der Waals surface area contributed by atoms with Gasteiger partial charge in [0.25, 0.3) is 11.7 Å². The van der Waals surface area contributed by atoms with Gasteiger partial charge in [-0.25, -0.2) is 0 Å². The van der Waals surface area contributed by atoms with Crippen LogP contribution in [0, 0.1) is 13.8 Å². The van der Waals surface area contributed by atoms with Gasteiger partial charge in [-0.15, -0.1) is 11.3 Å². The number of aliphatic hydroxyl groups is 1. The fourth-order valence-corrected chi connectivity index (χ4v) is 6.16. The quantitative estimate of drug-likeness (QED) is 0.175. The Balaban J connectivity index is 1.60. The van der Waals surface area contributed by atoms with Crippen molar-refractivity contribution in [1.82, 2.24) is 9.88 Å². The fourth-order valence-electron chi connectivity index (χ4n) is 5.12. The summed E-state index contributed by atoms with van der Waals surface area (Å²) in [4.78, 5) is 32.8. The fraction of sp³-hybridized carbons (Fsp3) is 0.290. The number of nitrogens with one attached hydrogen (secondary N) is 1. The Labute approximate surface area is 221 Å². The molecule has 0 bridgehead atoms. The van der Waals surface area contributed by atoms with Crippen molar-refractivity contribution >= 4 is 39.7 Å². The third-order valence-electron chi connectivity index (χ3n) is 7.35. The van der Waals surface area contributed by atoms with Crippen molar-refractivity contribution in [1.29, 1.82) is 0 Å². The Morgan fingerprint density at radius 3 is 2.51 bits per heavy atom. The predicted octanol–water partition coefficient (Wildman–Crippen LogP) is 6.81. The highest BCUT2D eigenvalue weighted by Gasteiger charge is 2.47. The molecular formula is C31H32N2O3S. The summed E-state index contributed by atoms with van der Waals surface area (Å²) in [6.45, 7) is 10.6. The van der Waals surface area contributed by atoms with E-state index in [0.717, 1.165) is 38.0 Å². The van der Waals surface area contributed by atoms with Gasteiger partial charge in [-0.05, 0) is 71.5 Å². The lowest BCUT2D eigenvalue weighted by Crippen LogP contribution is -2.31. The van der Waals surface area contributed by atoms with E-state index in [1.165, 1.54) is 11.3 Å². The molecule has 0 radical (unpaired) electrons. The van der Waals surface area contributed by atoms with Crippen LogP contribution < -0.4 is 0 Å². The van der Waals surface area contributed by atoms with Crippen molar-refractivity contribution in [3.63, 3.8) is 0 Å². The van der Waals surface area contributed by atoms with Crippen LogP contribution in [0.3, 0.4) is 0 Å². The van der Waals surface area contributed by atoms with E-state index < -0.39 is 17.7 Å². The summed E-state index contributed by atoms with van der Waals surface area (Å²) in [5.74, 6) is -1.30. The molecule has 1 saturated heterocycles. The first-order valence-corrected chi connectivity index (χ1v) is 13.4. The monoisotopic (exact) mass is 512 g/mol. The first-order chi connectivity index (χ1) is 17.6. The van der Waals surface area contributed by atoms with Crippen molar-refractivity contribution in [2.75, 3.05) is 6.54 Å². The number of likely N-dealkylation sites (tertiary alicyclic amines) is 1. The minimum Gasteiger partial charge on any atom is -0.507 e. The number of aryl methyl sites for hydroxylation is 2. The summed E-state index contributed by atoms with van der Waals surface area (Å²) in [5.41, 5.74) is 5.68. The van der Waals surface area contributed by atoms with Crippen LogP contribution in [0.5, 0.6) is 0 Å². The molecule has 2 N–H and O–H groups in total. The van der Waals surface area contributed by atoms with Gasteiger partial charge in [0.05, 0.1) is 11.6 Å². The lowest BCUT2D eigenvalue weighted by Gasteiger charge is -2.25. The van der Waals surface area contributed by atoms with Gasteiger partial charge in [0.2, 0.25) is 0 Å². The number of para-hydroxylation sites is 1. The molecule has 37 heavy (non-hydrogen) atoms. The molecule has 190 valence electrons. The standard InChI is InChI=1S/C31H32N2O3S/c1-18-10-11-21(31(3,4)5)16-23(18)27(34)25-26(29-19(2)13-15-37-29)33(30(36)28(25)35)14-12-20-17-32-24-9-7-6-8-22(20)24/h6-11,13,15-17,26,32,34H,12,14H2,1-5H3/b27-25+. The minimum absolute atomic E-state index is 0.102. The average Bonchev–Trinajstić information content (AvgIpc) is 3.53. The molecule has 5 nitrogen and oxygen atoms in total. The van der Waals surface area contributed by atoms with E-state index in [0.29, 0.717) is 18.5 Å². The van der Waals surface area contributed by atoms with Gasteiger partial charge in [-0.2, -0.15) is 0 Å². The Morgan fingerprint density at radius 2 is 1.81 bits per heavy atom. The number of aromatic amines is 1. The molecule has 1 unspecified atom stereocenters. The van der Waals surface area contributed by atoms with E-state index in [1.807, 2.05) is 67.9 Å². The van der Waals surface area contributed by atoms with Crippen molar-refractivity contribution in [2.45, 2.75) is 52.5 Å². The third kappa shape index (κ3) is 4.40. The SMILES string of the molecule is Cc1ccc(C(C)(C)C)cc1/C(O)=C1\C(=O)C(=O)N(CCc2c[nH]c3ccccc23)C1c1sccc1C. The van der Waals surface area contributed by atoms with E-state index in [1.54, 1.807) is 4.90 Å². The summed E-state index contributed by atoms with van der Waals surface area (Å²) in [5, 5.41) is 14.7. The highest BCUT2D eigenvalue weighted by atomic mass is 32.1. The highest BCUT2D eigenvalue weighted by Crippen LogP contribution is 2.43. The molecule has 5 rings (SSSR count). The molecule has 1 amide bonds. The number of aliphatic hydroxyl groups excluding tert-OH is 1. The second-order valence-corrected chi connectivity index (χ2v) is 11.8. The number of thiophene rings is 1. The number of fused-ring (bicyclic) bond motifs is 1. The number of carbonyl (C=O) groups excluding carboxylic acids is 2. The zero-order chi connectivity index (χ0) is 26.5. The molecule has 0 saturated carbocycles. The van der Waals surface area contributed by atoms with E-state index in [9.17, 15) is 14.7 Å². The number of hydrogen-bond donors (Lipinski definition) is 2. The number of benzene rings is 2. The summed E-state index contributed by atoms with van der Waals surface area (Å²) in [7, 11) is 0. The largest absolute Gasteiger partial charge is 0.507 e. The summed E-state index contributed by atoms with van der Waals surface area (Å²) in [6.07, 6.45) is 2.56. The van der Waals surface area contributed by atoms with Crippen LogP contribution in [0.4, 0.5) is 0 Å². The van der Waals surface area contributed by atoms with Gasteiger partial charge in [0.1, 0.15) is 5.76 Å². The molecule has 2 aromatic carbocycles. The smallest absolute Gasteiger partial charge is 0.295 e. The molecule has 0 aliphatic carbocycles. The van der Waals surface area contributed by atoms with Gasteiger partial charge in [0.15, 0.2) is 0 Å². The van der Waals surface area contributed by atoms with Crippen LogP contribution >= 0.6 is 11.3 Å². The Kier molecular flexibility index (Phi) is 6.32. The predicted molar refractivity (Wildman–Crippen MR) is 150 cm³/mol. The molecule has 1 aliphatic rings.